The number of carboxylic acids is 2. The van der Waals surface area contributed by atoms with E-state index in [0.29, 0.717) is 38.6 Å². The van der Waals surface area contributed by atoms with Gasteiger partial charge in [-0.3, -0.25) is 14.4 Å². The highest BCUT2D eigenvalue weighted by atomic mass is 16.5. The first-order valence-corrected chi connectivity index (χ1v) is 12.6. The van der Waals surface area contributed by atoms with Crippen molar-refractivity contribution in [2.45, 2.75) is 128 Å². The van der Waals surface area contributed by atoms with Crippen LogP contribution in [0.5, 0.6) is 0 Å². The van der Waals surface area contributed by atoms with E-state index >= 15 is 0 Å². The molecular weight excluding hydrogens is 412 g/mol. The van der Waals surface area contributed by atoms with Crippen LogP contribution in [0.25, 0.3) is 0 Å². The van der Waals surface area contributed by atoms with Gasteiger partial charge in [-0.25, -0.2) is 0 Å². The van der Waals surface area contributed by atoms with Gasteiger partial charge in [-0.2, -0.15) is 5.48 Å². The monoisotopic (exact) mass is 458 g/mol. The van der Waals surface area contributed by atoms with Crippen molar-refractivity contribution in [1.29, 1.82) is 0 Å². The fraction of sp³-hybridized carbons (Fsp3) is 0.875. The fourth-order valence-corrected chi connectivity index (χ4v) is 3.72. The van der Waals surface area contributed by atoms with E-state index in [1.165, 1.54) is 57.8 Å². The van der Waals surface area contributed by atoms with Crippen LogP contribution in [-0.2, 0) is 14.4 Å². The molecule has 0 aliphatic carbocycles. The number of carbonyl (C=O) groups excluding carboxylic acids is 1. The number of carboxylic acid groups (broad SMARTS) is 2. The molecule has 8 nitrogen and oxygen atoms in total. The number of hydroxylamine groups is 1. The number of nitrogens with one attached hydrogen (secondary N) is 2. The summed E-state index contributed by atoms with van der Waals surface area (Å²) in [6.45, 7) is 0.543. The minimum Gasteiger partial charge on any atom is -0.481 e. The van der Waals surface area contributed by atoms with Crippen LogP contribution in [0.15, 0.2) is 0 Å². The number of aliphatic carboxylic acids is 2. The molecule has 0 spiro atoms. The zero-order valence-corrected chi connectivity index (χ0v) is 19.8. The summed E-state index contributed by atoms with van der Waals surface area (Å²) in [6, 6.07) is -0.946. The molecule has 0 saturated heterocycles. The fourth-order valence-electron chi connectivity index (χ4n) is 3.72. The van der Waals surface area contributed by atoms with Gasteiger partial charge < -0.3 is 20.7 Å². The highest BCUT2D eigenvalue weighted by Gasteiger charge is 2.14. The Morgan fingerprint density at radius 1 is 0.594 bits per heavy atom. The van der Waals surface area contributed by atoms with Crippen LogP contribution in [0.1, 0.15) is 122 Å². The van der Waals surface area contributed by atoms with Crippen LogP contribution in [0, 0.1) is 0 Å². The van der Waals surface area contributed by atoms with Gasteiger partial charge in [0.25, 0.3) is 0 Å². The van der Waals surface area contributed by atoms with Gasteiger partial charge in [0, 0.05) is 19.4 Å². The average molecular weight is 459 g/mol. The van der Waals surface area contributed by atoms with Gasteiger partial charge in [0.2, 0.25) is 5.91 Å². The summed E-state index contributed by atoms with van der Waals surface area (Å²) in [5.41, 5.74) is 1.77. The normalized spacial score (nSPS) is 11.9. The Hall–Kier alpha value is -1.67. The molecule has 0 aliphatic rings. The van der Waals surface area contributed by atoms with E-state index < -0.39 is 18.0 Å². The Labute approximate surface area is 193 Å². The topological polar surface area (TPSA) is 136 Å². The third-order valence-electron chi connectivity index (χ3n) is 5.74. The van der Waals surface area contributed by atoms with Crippen molar-refractivity contribution >= 4 is 17.8 Å². The molecule has 32 heavy (non-hydrogen) atoms. The standard InChI is InChI=1S/C24H46N2O6/c27-22(25-20-16-15-17-21(26-32)24(30)31)18-13-11-9-7-5-3-1-2-4-6-8-10-12-14-19-23(28)29/h21,26,32H,1-20H2,(H,25,27)(H,28,29)(H,30,31)/t21-/m0/s1. The van der Waals surface area contributed by atoms with Crippen molar-refractivity contribution in [1.82, 2.24) is 10.8 Å². The molecule has 0 aliphatic heterocycles. The molecule has 0 radical (unpaired) electrons. The van der Waals surface area contributed by atoms with Gasteiger partial charge in [0.15, 0.2) is 0 Å². The first-order valence-electron chi connectivity index (χ1n) is 12.6. The summed E-state index contributed by atoms with van der Waals surface area (Å²) in [5, 5.41) is 28.9. The highest BCUT2D eigenvalue weighted by molar-refractivity contribution is 5.75. The lowest BCUT2D eigenvalue weighted by Crippen LogP contribution is -2.34. The first-order chi connectivity index (χ1) is 15.5. The Kier molecular flexibility index (Phi) is 21.3. The quantitative estimate of drug-likeness (QED) is 0.101. The van der Waals surface area contributed by atoms with Gasteiger partial charge >= 0.3 is 11.9 Å². The van der Waals surface area contributed by atoms with E-state index in [1.54, 1.807) is 5.48 Å². The molecule has 0 rings (SSSR count). The molecular formula is C24H46N2O6. The summed E-state index contributed by atoms with van der Waals surface area (Å²) in [7, 11) is 0. The molecule has 0 bridgehead atoms. The Balaban J connectivity index is 3.26. The summed E-state index contributed by atoms with van der Waals surface area (Å²) in [5.74, 6) is -1.71. The third-order valence-corrected chi connectivity index (χ3v) is 5.74. The molecule has 0 fully saturated rings. The van der Waals surface area contributed by atoms with Crippen LogP contribution in [-0.4, -0.2) is 45.9 Å². The zero-order valence-electron chi connectivity index (χ0n) is 19.8. The molecule has 188 valence electrons. The Bertz CT molecular complexity index is 487. The minimum atomic E-state index is -1.07. The number of hydrogen-bond acceptors (Lipinski definition) is 5. The van der Waals surface area contributed by atoms with Crippen molar-refractivity contribution in [3.8, 4) is 0 Å². The summed E-state index contributed by atoms with van der Waals surface area (Å²) in [4.78, 5) is 32.9. The van der Waals surface area contributed by atoms with Crippen molar-refractivity contribution < 1.29 is 29.8 Å². The molecule has 8 heteroatoms. The first kappa shape index (κ1) is 30.3. The average Bonchev–Trinajstić information content (AvgIpc) is 2.75. The maximum Gasteiger partial charge on any atom is 0.323 e. The van der Waals surface area contributed by atoms with Crippen molar-refractivity contribution in [3.63, 3.8) is 0 Å². The SMILES string of the molecule is O=C(O)CCCCCCCCCCCCCCCCC(=O)NCCCC[C@H](NO)C(=O)O. The van der Waals surface area contributed by atoms with Gasteiger partial charge in [0.05, 0.1) is 0 Å². The number of hydrogen-bond donors (Lipinski definition) is 5. The molecule has 0 aromatic rings. The van der Waals surface area contributed by atoms with Crippen molar-refractivity contribution in [2.75, 3.05) is 6.54 Å². The summed E-state index contributed by atoms with van der Waals surface area (Å²) in [6.07, 6.45) is 18.8. The van der Waals surface area contributed by atoms with Crippen LogP contribution < -0.4 is 10.8 Å². The highest BCUT2D eigenvalue weighted by Crippen LogP contribution is 2.13. The lowest BCUT2D eigenvalue weighted by molar-refractivity contribution is -0.142. The largest absolute Gasteiger partial charge is 0.481 e. The summed E-state index contributed by atoms with van der Waals surface area (Å²) >= 11 is 0. The maximum atomic E-state index is 11.8. The molecule has 1 atom stereocenters. The molecule has 0 unspecified atom stereocenters. The van der Waals surface area contributed by atoms with E-state index in [2.05, 4.69) is 5.32 Å². The lowest BCUT2D eigenvalue weighted by atomic mass is 10.0. The third kappa shape index (κ3) is 21.6. The van der Waals surface area contributed by atoms with E-state index in [4.69, 9.17) is 15.4 Å². The smallest absolute Gasteiger partial charge is 0.323 e. The molecule has 0 aromatic carbocycles. The van der Waals surface area contributed by atoms with Gasteiger partial charge in [-0.05, 0) is 32.1 Å². The molecule has 0 aromatic heterocycles. The molecule has 5 N–H and O–H groups in total. The molecule has 0 heterocycles. The van der Waals surface area contributed by atoms with Gasteiger partial charge in [-0.1, -0.05) is 77.0 Å². The number of unbranched alkanes of at least 4 members (excludes halogenated alkanes) is 14. The van der Waals surface area contributed by atoms with Crippen LogP contribution in [0.2, 0.25) is 0 Å². The Morgan fingerprint density at radius 2 is 1.03 bits per heavy atom. The number of amides is 1. The predicted octanol–water partition coefficient (Wildman–Crippen LogP) is 5.03. The van der Waals surface area contributed by atoms with E-state index in [1.807, 2.05) is 0 Å². The second-order valence-corrected chi connectivity index (χ2v) is 8.71. The minimum absolute atomic E-state index is 0.0574. The zero-order chi connectivity index (χ0) is 23.9. The number of carbonyl (C=O) groups is 3. The second kappa shape index (κ2) is 22.5. The van der Waals surface area contributed by atoms with Gasteiger partial charge in [-0.15, -0.1) is 0 Å². The van der Waals surface area contributed by atoms with Crippen molar-refractivity contribution in [2.24, 2.45) is 0 Å². The number of rotatable bonds is 24. The summed E-state index contributed by atoms with van der Waals surface area (Å²) < 4.78 is 0. The predicted molar refractivity (Wildman–Crippen MR) is 125 cm³/mol. The van der Waals surface area contributed by atoms with Crippen LogP contribution >= 0.6 is 0 Å². The van der Waals surface area contributed by atoms with Crippen LogP contribution in [0.3, 0.4) is 0 Å². The second-order valence-electron chi connectivity index (χ2n) is 8.71. The van der Waals surface area contributed by atoms with Gasteiger partial charge in [0.1, 0.15) is 6.04 Å². The van der Waals surface area contributed by atoms with E-state index in [0.717, 1.165) is 32.1 Å². The van der Waals surface area contributed by atoms with E-state index in [-0.39, 0.29) is 5.91 Å². The maximum absolute atomic E-state index is 11.8. The molecule has 1 amide bonds. The lowest BCUT2D eigenvalue weighted by Gasteiger charge is -2.10. The van der Waals surface area contributed by atoms with E-state index in [9.17, 15) is 14.4 Å². The Morgan fingerprint density at radius 3 is 1.44 bits per heavy atom. The molecule has 0 saturated carbocycles. The van der Waals surface area contributed by atoms with Crippen LogP contribution in [0.4, 0.5) is 0 Å². The van der Waals surface area contributed by atoms with Crippen molar-refractivity contribution in [3.05, 3.63) is 0 Å².